The summed E-state index contributed by atoms with van der Waals surface area (Å²) in [6.07, 6.45) is 0. The highest BCUT2D eigenvalue weighted by atomic mass is 35.5. The van der Waals surface area contributed by atoms with E-state index >= 15 is 0 Å². The van der Waals surface area contributed by atoms with E-state index in [9.17, 15) is 4.79 Å². The predicted octanol–water partition coefficient (Wildman–Crippen LogP) is 3.75. The number of rotatable bonds is 4. The third kappa shape index (κ3) is 4.13. The molecule has 0 bridgehead atoms. The summed E-state index contributed by atoms with van der Waals surface area (Å²) < 4.78 is 0. The second-order valence-corrected chi connectivity index (χ2v) is 6.52. The minimum Gasteiger partial charge on any atom is -0.375 e. The molecule has 4 nitrogen and oxygen atoms in total. The number of piperazine rings is 1. The topological polar surface area (TPSA) is 35.6 Å². The highest BCUT2D eigenvalue weighted by molar-refractivity contribution is 6.33. The van der Waals surface area contributed by atoms with Crippen LogP contribution in [0.3, 0.4) is 0 Å². The molecule has 0 saturated carbocycles. The van der Waals surface area contributed by atoms with Crippen molar-refractivity contribution in [3.05, 3.63) is 58.6 Å². The monoisotopic (exact) mass is 363 g/mol. The Morgan fingerprint density at radius 2 is 1.75 bits per heavy atom. The van der Waals surface area contributed by atoms with Crippen molar-refractivity contribution in [2.75, 3.05) is 42.9 Å². The van der Waals surface area contributed by atoms with E-state index in [0.29, 0.717) is 18.1 Å². The van der Waals surface area contributed by atoms with Gasteiger partial charge in [-0.15, -0.1) is 0 Å². The molecule has 1 amide bonds. The van der Waals surface area contributed by atoms with Gasteiger partial charge in [-0.25, -0.2) is 0 Å². The molecule has 1 saturated heterocycles. The molecule has 0 radical (unpaired) electrons. The number of nitrogens with one attached hydrogen (secondary N) is 1. The number of nitrogens with zero attached hydrogens (tertiary/aromatic N) is 2. The second kappa shape index (κ2) is 7.77. The van der Waals surface area contributed by atoms with Crippen LogP contribution in [0.5, 0.6) is 0 Å². The van der Waals surface area contributed by atoms with Gasteiger partial charge in [0.05, 0.1) is 17.3 Å². The van der Waals surface area contributed by atoms with Gasteiger partial charge in [-0.1, -0.05) is 41.4 Å². The van der Waals surface area contributed by atoms with Gasteiger partial charge in [0, 0.05) is 36.9 Å². The van der Waals surface area contributed by atoms with E-state index in [4.69, 9.17) is 23.2 Å². The van der Waals surface area contributed by atoms with Crippen molar-refractivity contribution in [3.63, 3.8) is 0 Å². The van der Waals surface area contributed by atoms with E-state index in [-0.39, 0.29) is 12.5 Å². The van der Waals surface area contributed by atoms with Crippen LogP contribution in [-0.2, 0) is 4.79 Å². The van der Waals surface area contributed by atoms with Crippen LogP contribution >= 0.6 is 23.2 Å². The van der Waals surface area contributed by atoms with Crippen LogP contribution < -0.4 is 10.2 Å². The minimum absolute atomic E-state index is 0.0839. The Balaban J connectivity index is 1.51. The maximum atomic E-state index is 12.4. The molecule has 1 fully saturated rings. The van der Waals surface area contributed by atoms with Crippen LogP contribution in [0.25, 0.3) is 0 Å². The largest absolute Gasteiger partial charge is 0.375 e. The molecule has 0 atom stereocenters. The molecular formula is C18H19Cl2N3O. The lowest BCUT2D eigenvalue weighted by molar-refractivity contribution is -0.129. The van der Waals surface area contributed by atoms with Crippen molar-refractivity contribution >= 4 is 40.5 Å². The number of benzene rings is 2. The average molecular weight is 364 g/mol. The average Bonchev–Trinajstić information content (AvgIpc) is 2.61. The molecular weight excluding hydrogens is 345 g/mol. The van der Waals surface area contributed by atoms with Crippen molar-refractivity contribution in [3.8, 4) is 0 Å². The van der Waals surface area contributed by atoms with E-state index in [0.717, 1.165) is 29.5 Å². The third-order valence-corrected chi connectivity index (χ3v) is 4.67. The number of carbonyl (C=O) groups excluding carboxylic acids is 1. The number of halogens is 2. The number of carbonyl (C=O) groups is 1. The lowest BCUT2D eigenvalue weighted by Crippen LogP contribution is -2.50. The Hall–Kier alpha value is -1.91. The summed E-state index contributed by atoms with van der Waals surface area (Å²) in [5, 5.41) is 4.46. The lowest BCUT2D eigenvalue weighted by atomic mass is 10.2. The quantitative estimate of drug-likeness (QED) is 0.898. The van der Waals surface area contributed by atoms with Crippen LogP contribution in [0.15, 0.2) is 48.5 Å². The number of anilines is 2. The molecule has 24 heavy (non-hydrogen) atoms. The first-order chi connectivity index (χ1) is 11.6. The fourth-order valence-electron chi connectivity index (χ4n) is 2.77. The molecule has 0 aliphatic carbocycles. The van der Waals surface area contributed by atoms with Gasteiger partial charge < -0.3 is 15.1 Å². The number of hydrogen-bond acceptors (Lipinski definition) is 3. The first kappa shape index (κ1) is 16.9. The van der Waals surface area contributed by atoms with Gasteiger partial charge in [-0.3, -0.25) is 4.79 Å². The Morgan fingerprint density at radius 3 is 2.46 bits per heavy atom. The lowest BCUT2D eigenvalue weighted by Gasteiger charge is -2.36. The van der Waals surface area contributed by atoms with Crippen LogP contribution in [0.1, 0.15) is 0 Å². The summed E-state index contributed by atoms with van der Waals surface area (Å²) in [7, 11) is 0. The highest BCUT2D eigenvalue weighted by Gasteiger charge is 2.21. The zero-order valence-electron chi connectivity index (χ0n) is 13.2. The molecule has 1 aliphatic heterocycles. The highest BCUT2D eigenvalue weighted by Crippen LogP contribution is 2.22. The number of amides is 1. The van der Waals surface area contributed by atoms with Gasteiger partial charge in [0.25, 0.3) is 0 Å². The number of para-hydroxylation sites is 1. The SMILES string of the molecule is O=C(CNc1ccccc1Cl)N1CCN(c2cccc(Cl)c2)CC1. The molecule has 6 heteroatoms. The van der Waals surface area contributed by atoms with Crippen LogP contribution in [0, 0.1) is 0 Å². The molecule has 0 unspecified atom stereocenters. The normalized spacial score (nSPS) is 14.6. The Morgan fingerprint density at radius 1 is 1.00 bits per heavy atom. The summed E-state index contributed by atoms with van der Waals surface area (Å²) >= 11 is 12.1. The zero-order valence-corrected chi connectivity index (χ0v) is 14.7. The molecule has 126 valence electrons. The predicted molar refractivity (Wildman–Crippen MR) is 100 cm³/mol. The molecule has 0 aromatic heterocycles. The minimum atomic E-state index is 0.0839. The summed E-state index contributed by atoms with van der Waals surface area (Å²) in [6, 6.07) is 15.2. The summed E-state index contributed by atoms with van der Waals surface area (Å²) in [5.41, 5.74) is 1.88. The maximum absolute atomic E-state index is 12.4. The van der Waals surface area contributed by atoms with Gasteiger partial charge in [0.2, 0.25) is 5.91 Å². The maximum Gasteiger partial charge on any atom is 0.241 e. The Kier molecular flexibility index (Phi) is 5.48. The van der Waals surface area contributed by atoms with Gasteiger partial charge in [-0.05, 0) is 30.3 Å². The molecule has 2 aromatic rings. The van der Waals surface area contributed by atoms with Crippen LogP contribution in [0.4, 0.5) is 11.4 Å². The summed E-state index contributed by atoms with van der Waals surface area (Å²) in [6.45, 7) is 3.27. The van der Waals surface area contributed by atoms with Crippen LogP contribution in [-0.4, -0.2) is 43.5 Å². The second-order valence-electron chi connectivity index (χ2n) is 5.68. The number of hydrogen-bond donors (Lipinski definition) is 1. The van der Waals surface area contributed by atoms with E-state index in [1.807, 2.05) is 47.4 Å². The Bertz CT molecular complexity index is 715. The van der Waals surface area contributed by atoms with Gasteiger partial charge >= 0.3 is 0 Å². The van der Waals surface area contributed by atoms with Crippen molar-refractivity contribution in [2.24, 2.45) is 0 Å². The fraction of sp³-hybridized carbons (Fsp3) is 0.278. The van der Waals surface area contributed by atoms with E-state index in [1.165, 1.54) is 0 Å². The van der Waals surface area contributed by atoms with Gasteiger partial charge in [0.1, 0.15) is 0 Å². The zero-order chi connectivity index (χ0) is 16.9. The van der Waals surface area contributed by atoms with Crippen molar-refractivity contribution in [1.29, 1.82) is 0 Å². The van der Waals surface area contributed by atoms with Gasteiger partial charge in [0.15, 0.2) is 0 Å². The molecule has 2 aromatic carbocycles. The van der Waals surface area contributed by atoms with E-state index < -0.39 is 0 Å². The van der Waals surface area contributed by atoms with Crippen molar-refractivity contribution in [2.45, 2.75) is 0 Å². The standard InChI is InChI=1S/C18H19Cl2N3O/c19-14-4-3-5-15(12-14)22-8-10-23(11-9-22)18(24)13-21-17-7-2-1-6-16(17)20/h1-7,12,21H,8-11,13H2. The molecule has 1 aliphatic rings. The van der Waals surface area contributed by atoms with E-state index in [2.05, 4.69) is 10.2 Å². The molecule has 1 heterocycles. The first-order valence-corrected chi connectivity index (χ1v) is 8.66. The molecule has 1 N–H and O–H groups in total. The van der Waals surface area contributed by atoms with Crippen molar-refractivity contribution < 1.29 is 4.79 Å². The van der Waals surface area contributed by atoms with Gasteiger partial charge in [-0.2, -0.15) is 0 Å². The molecule has 3 rings (SSSR count). The first-order valence-electron chi connectivity index (χ1n) is 7.90. The van der Waals surface area contributed by atoms with E-state index in [1.54, 1.807) is 6.07 Å². The summed E-state index contributed by atoms with van der Waals surface area (Å²) in [5.74, 6) is 0.0839. The van der Waals surface area contributed by atoms with Crippen LogP contribution in [0.2, 0.25) is 10.0 Å². The Labute approximate surface area is 152 Å². The molecule has 0 spiro atoms. The fourth-order valence-corrected chi connectivity index (χ4v) is 3.16. The summed E-state index contributed by atoms with van der Waals surface area (Å²) in [4.78, 5) is 16.5. The van der Waals surface area contributed by atoms with Crippen molar-refractivity contribution in [1.82, 2.24) is 4.90 Å². The third-order valence-electron chi connectivity index (χ3n) is 4.11. The smallest absolute Gasteiger partial charge is 0.241 e.